The van der Waals surface area contributed by atoms with Crippen LogP contribution in [-0.2, 0) is 0 Å². The molecule has 0 saturated heterocycles. The fraction of sp³-hybridized carbons (Fsp3) is 0.250. The third-order valence-electron chi connectivity index (χ3n) is 1.88. The summed E-state index contributed by atoms with van der Waals surface area (Å²) in [4.78, 5) is 0. The summed E-state index contributed by atoms with van der Waals surface area (Å²) in [5.74, 6) is 4.44. The van der Waals surface area contributed by atoms with Crippen molar-refractivity contribution in [1.82, 2.24) is 17.6 Å². The molecule has 0 radical (unpaired) electrons. The number of rotatable bonds is 2. The van der Waals surface area contributed by atoms with Gasteiger partial charge in [0, 0.05) is 0 Å². The average molecular weight is 243 g/mol. The van der Waals surface area contributed by atoms with Crippen LogP contribution in [0.25, 0.3) is 0 Å². The van der Waals surface area contributed by atoms with E-state index in [2.05, 4.69) is 21.8 Å². The van der Waals surface area contributed by atoms with Crippen LogP contribution in [-0.4, -0.2) is 30.9 Å². The van der Waals surface area contributed by atoms with E-state index in [1.54, 1.807) is 0 Å². The van der Waals surface area contributed by atoms with Crippen LogP contribution in [0.4, 0.5) is 0 Å². The molecule has 2 aromatic heterocycles. The van der Waals surface area contributed by atoms with Crippen LogP contribution in [0.3, 0.4) is 0 Å². The van der Waals surface area contributed by atoms with Crippen molar-refractivity contribution >= 4 is 13.3 Å². The second-order valence-corrected chi connectivity index (χ2v) is 9.73. The first-order valence-electron chi connectivity index (χ1n) is 3.95. The van der Waals surface area contributed by atoms with Gasteiger partial charge in [-0.2, -0.15) is 0 Å². The van der Waals surface area contributed by atoms with Gasteiger partial charge in [0.15, 0.2) is 0 Å². The molecule has 2 aromatic rings. The van der Waals surface area contributed by atoms with Crippen LogP contribution in [0.2, 0.25) is 11.6 Å². The molecule has 0 aromatic carbocycles. The molecule has 0 fully saturated rings. The molecule has 4 nitrogen and oxygen atoms in total. The Bertz CT molecular complexity index is 327. The van der Waals surface area contributed by atoms with Gasteiger partial charge in [0.05, 0.1) is 0 Å². The van der Waals surface area contributed by atoms with Crippen LogP contribution >= 0.6 is 0 Å². The van der Waals surface area contributed by atoms with Crippen LogP contribution in [0.5, 0.6) is 0 Å². The first kappa shape index (κ1) is 8.53. The summed E-state index contributed by atoms with van der Waals surface area (Å²) in [6, 6.07) is 3.89. The van der Waals surface area contributed by atoms with Gasteiger partial charge in [0.1, 0.15) is 0 Å². The minimum atomic E-state index is -1.93. The molecule has 70 valence electrons. The summed E-state index contributed by atoms with van der Waals surface area (Å²) >= 11 is -1.93. The predicted octanol–water partition coefficient (Wildman–Crippen LogP) is 1.18. The van der Waals surface area contributed by atoms with Crippen LogP contribution < -0.4 is 0 Å². The van der Waals surface area contributed by atoms with Gasteiger partial charge in [-0.1, -0.05) is 0 Å². The molecule has 0 N–H and O–H groups in total. The predicted molar refractivity (Wildman–Crippen MR) is 52.7 cm³/mol. The van der Waals surface area contributed by atoms with Gasteiger partial charge >= 0.3 is 79.4 Å². The van der Waals surface area contributed by atoms with Gasteiger partial charge < -0.3 is 0 Å². The molecule has 0 amide bonds. The molecule has 2 heterocycles. The molecule has 2 rings (SSSR count). The Labute approximate surface area is 79.8 Å². The van der Waals surface area contributed by atoms with Gasteiger partial charge in [0.25, 0.3) is 0 Å². The second kappa shape index (κ2) is 3.01. The Kier molecular flexibility index (Phi) is 1.98. The third-order valence-corrected chi connectivity index (χ3v) is 6.62. The van der Waals surface area contributed by atoms with Crippen molar-refractivity contribution in [2.45, 2.75) is 11.6 Å². The molecule has 5 heteroatoms. The summed E-state index contributed by atoms with van der Waals surface area (Å²) < 4.78 is 4.06. The standard InChI is InChI=1S/C8H12N4Se/c1-13(2,11-7-3-5-9-11)12-8-4-6-10-12/h3-8H,1-2H3. The number of hydrogen-bond donors (Lipinski definition) is 0. The summed E-state index contributed by atoms with van der Waals surface area (Å²) in [5.41, 5.74) is 0. The molecule has 0 aliphatic heterocycles. The zero-order valence-corrected chi connectivity index (χ0v) is 9.37. The van der Waals surface area contributed by atoms with Crippen LogP contribution in [0.15, 0.2) is 36.9 Å². The quantitative estimate of drug-likeness (QED) is 0.742. The minimum absolute atomic E-state index is 1.81. The summed E-state index contributed by atoms with van der Waals surface area (Å²) in [6.45, 7) is 0. The molecule has 0 aliphatic rings. The van der Waals surface area contributed by atoms with Crippen molar-refractivity contribution in [3.63, 3.8) is 0 Å². The first-order valence-corrected chi connectivity index (χ1v) is 8.91. The van der Waals surface area contributed by atoms with E-state index < -0.39 is 13.3 Å². The average Bonchev–Trinajstić information content (AvgIpc) is 2.78. The van der Waals surface area contributed by atoms with Crippen molar-refractivity contribution in [2.75, 3.05) is 0 Å². The van der Waals surface area contributed by atoms with Gasteiger partial charge in [-0.3, -0.25) is 0 Å². The SMILES string of the molecule is C[Se](C)(n1cccn1)n1cccn1. The van der Waals surface area contributed by atoms with Crippen LogP contribution in [0.1, 0.15) is 0 Å². The Morgan fingerprint density at radius 2 is 1.38 bits per heavy atom. The normalized spacial score (nSPS) is 13.1. The Morgan fingerprint density at radius 3 is 1.69 bits per heavy atom. The topological polar surface area (TPSA) is 35.6 Å². The summed E-state index contributed by atoms with van der Waals surface area (Å²) in [7, 11) is 0. The van der Waals surface area contributed by atoms with Gasteiger partial charge in [-0.15, -0.1) is 0 Å². The monoisotopic (exact) mass is 244 g/mol. The second-order valence-electron chi connectivity index (χ2n) is 3.04. The van der Waals surface area contributed by atoms with E-state index in [9.17, 15) is 0 Å². The van der Waals surface area contributed by atoms with E-state index in [4.69, 9.17) is 0 Å². The van der Waals surface area contributed by atoms with E-state index in [1.165, 1.54) is 0 Å². The molecule has 0 saturated carbocycles. The molecular formula is C8H12N4Se. The number of hydrogen-bond acceptors (Lipinski definition) is 2. The summed E-state index contributed by atoms with van der Waals surface area (Å²) in [5, 5.41) is 8.54. The Morgan fingerprint density at radius 1 is 0.923 bits per heavy atom. The zero-order chi connectivity index (χ0) is 9.31. The fourth-order valence-electron chi connectivity index (χ4n) is 1.12. The van der Waals surface area contributed by atoms with E-state index in [-0.39, 0.29) is 0 Å². The number of aromatic nitrogens is 4. The van der Waals surface area contributed by atoms with Crippen molar-refractivity contribution < 1.29 is 0 Å². The van der Waals surface area contributed by atoms with E-state index in [0.717, 1.165) is 0 Å². The molecule has 13 heavy (non-hydrogen) atoms. The maximum absolute atomic E-state index is 4.27. The van der Waals surface area contributed by atoms with E-state index >= 15 is 0 Å². The van der Waals surface area contributed by atoms with Gasteiger partial charge in [-0.05, 0) is 0 Å². The molecular weight excluding hydrogens is 231 g/mol. The molecule has 0 unspecified atom stereocenters. The fourth-order valence-corrected chi connectivity index (χ4v) is 4.22. The van der Waals surface area contributed by atoms with Crippen molar-refractivity contribution in [2.24, 2.45) is 0 Å². The van der Waals surface area contributed by atoms with Crippen molar-refractivity contribution in [1.29, 1.82) is 0 Å². The maximum atomic E-state index is 4.27. The van der Waals surface area contributed by atoms with Gasteiger partial charge in [0.2, 0.25) is 0 Å². The summed E-state index contributed by atoms with van der Waals surface area (Å²) in [6.07, 6.45) is 7.62. The third kappa shape index (κ3) is 1.41. The van der Waals surface area contributed by atoms with Crippen molar-refractivity contribution in [3.8, 4) is 0 Å². The van der Waals surface area contributed by atoms with Gasteiger partial charge in [-0.25, -0.2) is 0 Å². The Hall–Kier alpha value is -1.06. The molecule has 0 spiro atoms. The van der Waals surface area contributed by atoms with E-state index in [1.807, 2.05) is 44.3 Å². The molecule has 0 atom stereocenters. The Balaban J connectivity index is 2.42. The first-order chi connectivity index (χ1) is 6.21. The molecule has 0 aliphatic carbocycles. The van der Waals surface area contributed by atoms with E-state index in [0.29, 0.717) is 0 Å². The van der Waals surface area contributed by atoms with Crippen LogP contribution in [0, 0.1) is 0 Å². The number of nitrogens with zero attached hydrogens (tertiary/aromatic N) is 4. The zero-order valence-electron chi connectivity index (χ0n) is 7.66. The van der Waals surface area contributed by atoms with Crippen molar-refractivity contribution in [3.05, 3.63) is 36.9 Å². The molecule has 0 bridgehead atoms.